The van der Waals surface area contributed by atoms with Gasteiger partial charge in [0.25, 0.3) is 0 Å². The fraction of sp³-hybridized carbons (Fsp3) is 0.200. The van der Waals surface area contributed by atoms with E-state index in [0.717, 1.165) is 27.6 Å². The second-order valence-electron chi connectivity index (χ2n) is 7.17. The topological polar surface area (TPSA) is 70.8 Å². The molecule has 0 fully saturated rings. The van der Waals surface area contributed by atoms with Crippen LogP contribution in [0.15, 0.2) is 65.2 Å². The second-order valence-corrected chi connectivity index (χ2v) is 7.17. The standard InChI is InChI=1S/C25H23NO5/c1-16-22(17(2)31-26-16)15-29-23-12-11-19(13-24(23)28-3)25(27)30-14-20-9-6-8-18-7-4-5-10-21(18)20/h4-13H,14-15H2,1-3H3. The Morgan fingerprint density at radius 2 is 1.77 bits per heavy atom. The van der Waals surface area contributed by atoms with E-state index in [2.05, 4.69) is 5.16 Å². The maximum atomic E-state index is 12.6. The smallest absolute Gasteiger partial charge is 0.338 e. The lowest BCUT2D eigenvalue weighted by atomic mass is 10.1. The molecule has 4 aromatic rings. The summed E-state index contributed by atoms with van der Waals surface area (Å²) in [6.45, 7) is 4.18. The summed E-state index contributed by atoms with van der Waals surface area (Å²) in [5.41, 5.74) is 3.02. The largest absolute Gasteiger partial charge is 0.493 e. The molecule has 31 heavy (non-hydrogen) atoms. The van der Waals surface area contributed by atoms with Crippen molar-refractivity contribution in [3.05, 3.63) is 88.8 Å². The number of aromatic nitrogens is 1. The van der Waals surface area contributed by atoms with Crippen molar-refractivity contribution in [2.75, 3.05) is 7.11 Å². The van der Waals surface area contributed by atoms with Gasteiger partial charge in [0.05, 0.1) is 23.9 Å². The fourth-order valence-electron chi connectivity index (χ4n) is 3.42. The van der Waals surface area contributed by atoms with Gasteiger partial charge >= 0.3 is 5.97 Å². The van der Waals surface area contributed by atoms with Crippen molar-refractivity contribution in [2.45, 2.75) is 27.1 Å². The van der Waals surface area contributed by atoms with Crippen molar-refractivity contribution in [2.24, 2.45) is 0 Å². The van der Waals surface area contributed by atoms with E-state index in [9.17, 15) is 4.79 Å². The summed E-state index contributed by atoms with van der Waals surface area (Å²) in [5.74, 6) is 1.26. The third-order valence-electron chi connectivity index (χ3n) is 5.19. The molecule has 0 N–H and O–H groups in total. The van der Waals surface area contributed by atoms with Crippen LogP contribution in [-0.2, 0) is 18.0 Å². The minimum Gasteiger partial charge on any atom is -0.493 e. The third-order valence-corrected chi connectivity index (χ3v) is 5.19. The van der Waals surface area contributed by atoms with Crippen LogP contribution in [0.5, 0.6) is 11.5 Å². The molecule has 3 aromatic carbocycles. The lowest BCUT2D eigenvalue weighted by molar-refractivity contribution is 0.0474. The molecule has 0 atom stereocenters. The molecule has 0 radical (unpaired) electrons. The van der Waals surface area contributed by atoms with E-state index < -0.39 is 5.97 Å². The Balaban J connectivity index is 1.46. The molecule has 0 bridgehead atoms. The van der Waals surface area contributed by atoms with Gasteiger partial charge in [-0.15, -0.1) is 0 Å². The number of aryl methyl sites for hydroxylation is 2. The summed E-state index contributed by atoms with van der Waals surface area (Å²) in [5, 5.41) is 6.10. The number of hydrogen-bond donors (Lipinski definition) is 0. The summed E-state index contributed by atoms with van der Waals surface area (Å²) >= 11 is 0. The van der Waals surface area contributed by atoms with Gasteiger partial charge in [-0.05, 0) is 48.4 Å². The Morgan fingerprint density at radius 1 is 0.968 bits per heavy atom. The van der Waals surface area contributed by atoms with Crippen molar-refractivity contribution in [3.8, 4) is 11.5 Å². The molecule has 0 spiro atoms. The Hall–Kier alpha value is -3.80. The third kappa shape index (κ3) is 4.38. The van der Waals surface area contributed by atoms with Gasteiger partial charge in [-0.3, -0.25) is 0 Å². The van der Waals surface area contributed by atoms with E-state index in [1.54, 1.807) is 18.2 Å². The van der Waals surface area contributed by atoms with E-state index in [0.29, 0.717) is 29.4 Å². The number of methoxy groups -OCH3 is 1. The first-order chi connectivity index (χ1) is 15.1. The molecule has 0 aliphatic carbocycles. The SMILES string of the molecule is COc1cc(C(=O)OCc2cccc3ccccc23)ccc1OCc1c(C)noc1C. The summed E-state index contributed by atoms with van der Waals surface area (Å²) in [7, 11) is 1.53. The van der Waals surface area contributed by atoms with Crippen LogP contribution in [0.3, 0.4) is 0 Å². The Kier molecular flexibility index (Phi) is 5.89. The van der Waals surface area contributed by atoms with E-state index in [1.807, 2.05) is 56.3 Å². The Labute approximate surface area is 180 Å². The van der Waals surface area contributed by atoms with Gasteiger partial charge in [0.2, 0.25) is 0 Å². The predicted octanol–water partition coefficient (Wildman–Crippen LogP) is 5.39. The molecule has 1 aromatic heterocycles. The molecular formula is C25H23NO5. The van der Waals surface area contributed by atoms with Crippen molar-refractivity contribution in [1.82, 2.24) is 5.16 Å². The quantitative estimate of drug-likeness (QED) is 0.376. The first-order valence-corrected chi connectivity index (χ1v) is 9.93. The van der Waals surface area contributed by atoms with Gasteiger partial charge < -0.3 is 18.7 Å². The summed E-state index contributed by atoms with van der Waals surface area (Å²) in [6.07, 6.45) is 0. The van der Waals surface area contributed by atoms with Crippen LogP contribution in [0.4, 0.5) is 0 Å². The minimum atomic E-state index is -0.427. The maximum absolute atomic E-state index is 12.6. The Morgan fingerprint density at radius 3 is 2.55 bits per heavy atom. The molecule has 0 saturated heterocycles. The van der Waals surface area contributed by atoms with Crippen LogP contribution in [0.25, 0.3) is 10.8 Å². The Bertz CT molecular complexity index is 1200. The lowest BCUT2D eigenvalue weighted by Gasteiger charge is -2.12. The van der Waals surface area contributed by atoms with E-state index in [4.69, 9.17) is 18.7 Å². The molecule has 0 aliphatic heterocycles. The molecule has 6 nitrogen and oxygen atoms in total. The minimum absolute atomic E-state index is 0.187. The lowest BCUT2D eigenvalue weighted by Crippen LogP contribution is -2.07. The number of esters is 1. The van der Waals surface area contributed by atoms with Crippen molar-refractivity contribution in [3.63, 3.8) is 0 Å². The van der Waals surface area contributed by atoms with Gasteiger partial charge in [-0.1, -0.05) is 47.6 Å². The average molecular weight is 417 g/mol. The first-order valence-electron chi connectivity index (χ1n) is 9.93. The maximum Gasteiger partial charge on any atom is 0.338 e. The van der Waals surface area contributed by atoms with Crippen molar-refractivity contribution >= 4 is 16.7 Å². The molecule has 1 heterocycles. The van der Waals surface area contributed by atoms with Crippen LogP contribution in [0, 0.1) is 13.8 Å². The zero-order valence-electron chi connectivity index (χ0n) is 17.7. The molecule has 0 amide bonds. The van der Waals surface area contributed by atoms with E-state index in [1.165, 1.54) is 7.11 Å². The van der Waals surface area contributed by atoms with E-state index >= 15 is 0 Å². The summed E-state index contributed by atoms with van der Waals surface area (Å²) in [6, 6.07) is 18.9. The molecular weight excluding hydrogens is 394 g/mol. The van der Waals surface area contributed by atoms with Gasteiger partial charge in [0.15, 0.2) is 11.5 Å². The zero-order valence-corrected chi connectivity index (χ0v) is 17.7. The molecule has 158 valence electrons. The number of ether oxygens (including phenoxy) is 3. The van der Waals surface area contributed by atoms with Gasteiger partial charge in [0, 0.05) is 0 Å². The average Bonchev–Trinajstić information content (AvgIpc) is 3.12. The summed E-state index contributed by atoms with van der Waals surface area (Å²) < 4.78 is 22.0. The molecule has 6 heteroatoms. The van der Waals surface area contributed by atoms with Crippen LogP contribution in [-0.4, -0.2) is 18.2 Å². The highest BCUT2D eigenvalue weighted by Gasteiger charge is 2.15. The van der Waals surface area contributed by atoms with Crippen LogP contribution >= 0.6 is 0 Å². The van der Waals surface area contributed by atoms with Crippen LogP contribution in [0.2, 0.25) is 0 Å². The number of carbonyl (C=O) groups is 1. The zero-order chi connectivity index (χ0) is 21.8. The highest BCUT2D eigenvalue weighted by Crippen LogP contribution is 2.30. The predicted molar refractivity (Wildman–Crippen MR) is 116 cm³/mol. The monoisotopic (exact) mass is 417 g/mol. The fourth-order valence-corrected chi connectivity index (χ4v) is 3.42. The number of carbonyl (C=O) groups excluding carboxylic acids is 1. The normalized spacial score (nSPS) is 10.8. The highest BCUT2D eigenvalue weighted by molar-refractivity contribution is 5.91. The first kappa shape index (κ1) is 20.5. The number of benzene rings is 3. The van der Waals surface area contributed by atoms with Gasteiger partial charge in [-0.25, -0.2) is 4.79 Å². The van der Waals surface area contributed by atoms with Gasteiger partial charge in [0.1, 0.15) is 19.0 Å². The molecule has 0 saturated carbocycles. The van der Waals surface area contributed by atoms with Crippen molar-refractivity contribution in [1.29, 1.82) is 0 Å². The number of nitrogens with zero attached hydrogens (tertiary/aromatic N) is 1. The van der Waals surface area contributed by atoms with Gasteiger partial charge in [-0.2, -0.15) is 0 Å². The number of fused-ring (bicyclic) bond motifs is 1. The van der Waals surface area contributed by atoms with Crippen LogP contribution in [0.1, 0.15) is 32.9 Å². The van der Waals surface area contributed by atoms with Crippen LogP contribution < -0.4 is 9.47 Å². The van der Waals surface area contributed by atoms with E-state index in [-0.39, 0.29) is 6.61 Å². The number of rotatable bonds is 7. The van der Waals surface area contributed by atoms with Crippen molar-refractivity contribution < 1.29 is 23.5 Å². The molecule has 0 aliphatic rings. The number of hydrogen-bond acceptors (Lipinski definition) is 6. The highest BCUT2D eigenvalue weighted by atomic mass is 16.5. The molecule has 0 unspecified atom stereocenters. The second kappa shape index (κ2) is 8.92. The summed E-state index contributed by atoms with van der Waals surface area (Å²) in [4.78, 5) is 12.6. The molecule has 4 rings (SSSR count).